The normalized spacial score (nSPS) is 10.5. The van der Waals surface area contributed by atoms with Gasteiger partial charge in [-0.2, -0.15) is 0 Å². The van der Waals surface area contributed by atoms with E-state index in [4.69, 9.17) is 11.6 Å². The van der Waals surface area contributed by atoms with E-state index in [0.717, 1.165) is 17.1 Å². The van der Waals surface area contributed by atoms with E-state index in [-0.39, 0.29) is 15.7 Å². The first-order chi connectivity index (χ1) is 9.01. The van der Waals surface area contributed by atoms with Gasteiger partial charge in [0.2, 0.25) is 5.13 Å². The Hall–Kier alpha value is -1.60. The third-order valence-electron chi connectivity index (χ3n) is 2.24. The van der Waals surface area contributed by atoms with Crippen LogP contribution in [-0.2, 0) is 6.42 Å². The summed E-state index contributed by atoms with van der Waals surface area (Å²) in [5.74, 6) is -2.91. The fraction of sp³-hybridized carbons (Fsp3) is 0.182. The SMILES string of the molecule is CCc1nnc(NC(=O)c2cc(F)c(F)cc2Cl)s1. The molecule has 100 valence electrons. The molecule has 1 aromatic heterocycles. The van der Waals surface area contributed by atoms with E-state index in [9.17, 15) is 13.6 Å². The Labute approximate surface area is 116 Å². The van der Waals surface area contributed by atoms with Gasteiger partial charge in [-0.05, 0) is 18.6 Å². The number of aromatic nitrogens is 2. The predicted molar refractivity (Wildman–Crippen MR) is 68.6 cm³/mol. The number of rotatable bonds is 3. The first-order valence-electron chi connectivity index (χ1n) is 5.29. The highest BCUT2D eigenvalue weighted by molar-refractivity contribution is 7.15. The van der Waals surface area contributed by atoms with Crippen molar-refractivity contribution in [2.75, 3.05) is 5.32 Å². The van der Waals surface area contributed by atoms with Crippen LogP contribution in [0.3, 0.4) is 0 Å². The highest BCUT2D eigenvalue weighted by Crippen LogP contribution is 2.22. The van der Waals surface area contributed by atoms with Gasteiger partial charge in [0, 0.05) is 0 Å². The molecule has 0 radical (unpaired) electrons. The quantitative estimate of drug-likeness (QED) is 0.885. The summed E-state index contributed by atoms with van der Waals surface area (Å²) in [6.45, 7) is 1.90. The van der Waals surface area contributed by atoms with E-state index >= 15 is 0 Å². The van der Waals surface area contributed by atoms with Crippen LogP contribution >= 0.6 is 22.9 Å². The third-order valence-corrected chi connectivity index (χ3v) is 3.54. The molecule has 1 heterocycles. The summed E-state index contributed by atoms with van der Waals surface area (Å²) < 4.78 is 26.0. The van der Waals surface area contributed by atoms with E-state index < -0.39 is 17.5 Å². The van der Waals surface area contributed by atoms with Gasteiger partial charge >= 0.3 is 0 Å². The first-order valence-corrected chi connectivity index (χ1v) is 6.49. The minimum atomic E-state index is -1.14. The molecule has 8 heteroatoms. The van der Waals surface area contributed by atoms with Gasteiger partial charge in [-0.15, -0.1) is 10.2 Å². The molecule has 0 spiro atoms. The number of halogens is 3. The molecule has 0 fully saturated rings. The van der Waals surface area contributed by atoms with Crippen LogP contribution in [0.5, 0.6) is 0 Å². The summed E-state index contributed by atoms with van der Waals surface area (Å²) in [5, 5.41) is 10.9. The Kier molecular flexibility index (Phi) is 4.06. The van der Waals surface area contributed by atoms with Gasteiger partial charge in [-0.1, -0.05) is 29.9 Å². The maximum absolute atomic E-state index is 13.1. The Bertz CT molecular complexity index is 632. The molecule has 0 aliphatic rings. The van der Waals surface area contributed by atoms with Gasteiger partial charge < -0.3 is 0 Å². The summed E-state index contributed by atoms with van der Waals surface area (Å²) in [6, 6.07) is 1.50. The molecule has 0 saturated heterocycles. The number of carbonyl (C=O) groups excluding carboxylic acids is 1. The summed E-state index contributed by atoms with van der Waals surface area (Å²) in [6.07, 6.45) is 0.694. The molecule has 0 bridgehead atoms. The zero-order chi connectivity index (χ0) is 14.0. The molecule has 0 unspecified atom stereocenters. The van der Waals surface area contributed by atoms with Crippen LogP contribution in [0.2, 0.25) is 5.02 Å². The van der Waals surface area contributed by atoms with E-state index in [2.05, 4.69) is 15.5 Å². The fourth-order valence-corrected chi connectivity index (χ4v) is 2.22. The molecule has 0 atom stereocenters. The van der Waals surface area contributed by atoms with Gasteiger partial charge in [0.1, 0.15) is 5.01 Å². The lowest BCUT2D eigenvalue weighted by atomic mass is 10.2. The minimum Gasteiger partial charge on any atom is -0.296 e. The smallest absolute Gasteiger partial charge is 0.259 e. The van der Waals surface area contributed by atoms with Gasteiger partial charge in [-0.3, -0.25) is 10.1 Å². The standard InChI is InChI=1S/C11H8ClF2N3OS/c1-2-9-16-17-11(19-9)15-10(18)5-3-7(13)8(14)4-6(5)12/h3-4H,2H2,1H3,(H,15,17,18). The molecule has 19 heavy (non-hydrogen) atoms. The number of anilines is 1. The molecule has 1 N–H and O–H groups in total. The molecular weight excluding hydrogens is 296 g/mol. The van der Waals surface area contributed by atoms with E-state index in [1.54, 1.807) is 0 Å². The van der Waals surface area contributed by atoms with Crippen LogP contribution in [0.25, 0.3) is 0 Å². The lowest BCUT2D eigenvalue weighted by molar-refractivity contribution is 0.102. The van der Waals surface area contributed by atoms with Crippen molar-refractivity contribution in [3.05, 3.63) is 39.4 Å². The summed E-state index contributed by atoms with van der Waals surface area (Å²) in [5.41, 5.74) is -0.159. The molecule has 1 aromatic carbocycles. The Balaban J connectivity index is 2.22. The number of carbonyl (C=O) groups is 1. The van der Waals surface area contributed by atoms with Crippen molar-refractivity contribution in [2.24, 2.45) is 0 Å². The molecule has 4 nitrogen and oxygen atoms in total. The highest BCUT2D eigenvalue weighted by atomic mass is 35.5. The Morgan fingerprint density at radius 2 is 2.05 bits per heavy atom. The van der Waals surface area contributed by atoms with E-state index in [1.807, 2.05) is 6.92 Å². The van der Waals surface area contributed by atoms with Crippen molar-refractivity contribution in [3.8, 4) is 0 Å². The van der Waals surface area contributed by atoms with Crippen molar-refractivity contribution in [3.63, 3.8) is 0 Å². The molecule has 2 aromatic rings. The second-order valence-electron chi connectivity index (χ2n) is 3.55. The van der Waals surface area contributed by atoms with Crippen LogP contribution in [0.15, 0.2) is 12.1 Å². The molecular formula is C11H8ClF2N3OS. The van der Waals surface area contributed by atoms with Crippen molar-refractivity contribution < 1.29 is 13.6 Å². The van der Waals surface area contributed by atoms with Crippen LogP contribution in [0.4, 0.5) is 13.9 Å². The predicted octanol–water partition coefficient (Wildman–Crippen LogP) is 3.28. The number of hydrogen-bond donors (Lipinski definition) is 1. The van der Waals surface area contributed by atoms with Gasteiger partial charge in [-0.25, -0.2) is 8.78 Å². The van der Waals surface area contributed by atoms with Gasteiger partial charge in [0.05, 0.1) is 10.6 Å². The number of nitrogens with zero attached hydrogens (tertiary/aromatic N) is 2. The molecule has 0 aliphatic carbocycles. The molecule has 2 rings (SSSR count). The van der Waals surface area contributed by atoms with Gasteiger partial charge in [0.25, 0.3) is 5.91 Å². The average molecular weight is 304 g/mol. The number of aryl methyl sites for hydroxylation is 1. The topological polar surface area (TPSA) is 54.9 Å². The van der Waals surface area contributed by atoms with Crippen LogP contribution < -0.4 is 5.32 Å². The molecule has 0 aliphatic heterocycles. The zero-order valence-electron chi connectivity index (χ0n) is 9.71. The summed E-state index contributed by atoms with van der Waals surface area (Å²) >= 11 is 6.90. The Morgan fingerprint density at radius 3 is 2.68 bits per heavy atom. The van der Waals surface area contributed by atoms with Gasteiger partial charge in [0.15, 0.2) is 11.6 Å². The third kappa shape index (κ3) is 3.05. The molecule has 1 amide bonds. The van der Waals surface area contributed by atoms with Crippen molar-refractivity contribution >= 4 is 34.0 Å². The van der Waals surface area contributed by atoms with Crippen molar-refractivity contribution in [2.45, 2.75) is 13.3 Å². The summed E-state index contributed by atoms with van der Waals surface area (Å²) in [4.78, 5) is 11.9. The largest absolute Gasteiger partial charge is 0.296 e. The summed E-state index contributed by atoms with van der Waals surface area (Å²) in [7, 11) is 0. The highest BCUT2D eigenvalue weighted by Gasteiger charge is 2.16. The average Bonchev–Trinajstić information content (AvgIpc) is 2.81. The van der Waals surface area contributed by atoms with Crippen molar-refractivity contribution in [1.82, 2.24) is 10.2 Å². The van der Waals surface area contributed by atoms with Crippen molar-refractivity contribution in [1.29, 1.82) is 0 Å². The number of nitrogens with one attached hydrogen (secondary N) is 1. The lowest BCUT2D eigenvalue weighted by Gasteiger charge is -2.04. The second kappa shape index (κ2) is 5.58. The lowest BCUT2D eigenvalue weighted by Crippen LogP contribution is -2.13. The van der Waals surface area contributed by atoms with Crippen LogP contribution in [0.1, 0.15) is 22.3 Å². The van der Waals surface area contributed by atoms with E-state index in [0.29, 0.717) is 6.42 Å². The monoisotopic (exact) mass is 303 g/mol. The minimum absolute atomic E-state index is 0.159. The first kappa shape index (κ1) is 13.8. The number of benzene rings is 1. The van der Waals surface area contributed by atoms with Crippen LogP contribution in [0, 0.1) is 11.6 Å². The Morgan fingerprint density at radius 1 is 1.37 bits per heavy atom. The molecule has 0 saturated carbocycles. The van der Waals surface area contributed by atoms with E-state index in [1.165, 1.54) is 11.3 Å². The number of amides is 1. The maximum Gasteiger partial charge on any atom is 0.259 e. The second-order valence-corrected chi connectivity index (χ2v) is 5.02. The maximum atomic E-state index is 13.1. The van der Waals surface area contributed by atoms with Crippen LogP contribution in [-0.4, -0.2) is 16.1 Å². The fourth-order valence-electron chi connectivity index (χ4n) is 1.31. The zero-order valence-corrected chi connectivity index (χ0v) is 11.3. The number of hydrogen-bond acceptors (Lipinski definition) is 4.